The SMILES string of the molecule is NCCCc1cc(Br)cc2cccnc12. The van der Waals surface area contributed by atoms with Crippen molar-refractivity contribution in [3.05, 3.63) is 40.5 Å². The summed E-state index contributed by atoms with van der Waals surface area (Å²) < 4.78 is 1.11. The van der Waals surface area contributed by atoms with E-state index in [1.807, 2.05) is 12.3 Å². The number of halogens is 1. The number of pyridine rings is 1. The van der Waals surface area contributed by atoms with Crippen LogP contribution >= 0.6 is 15.9 Å². The highest BCUT2D eigenvalue weighted by atomic mass is 79.9. The largest absolute Gasteiger partial charge is 0.330 e. The number of hydrogen-bond acceptors (Lipinski definition) is 2. The van der Waals surface area contributed by atoms with Crippen molar-refractivity contribution in [2.45, 2.75) is 12.8 Å². The second-order valence-corrected chi connectivity index (χ2v) is 4.45. The van der Waals surface area contributed by atoms with Crippen molar-refractivity contribution in [2.75, 3.05) is 6.54 Å². The maximum atomic E-state index is 5.53. The van der Waals surface area contributed by atoms with E-state index >= 15 is 0 Å². The summed E-state index contributed by atoms with van der Waals surface area (Å²) in [4.78, 5) is 4.41. The molecule has 0 saturated heterocycles. The number of aryl methyl sites for hydroxylation is 1. The summed E-state index contributed by atoms with van der Waals surface area (Å²) in [5, 5.41) is 1.18. The molecule has 0 aliphatic rings. The van der Waals surface area contributed by atoms with Crippen molar-refractivity contribution in [1.29, 1.82) is 0 Å². The van der Waals surface area contributed by atoms with E-state index in [-0.39, 0.29) is 0 Å². The number of rotatable bonds is 3. The first-order valence-electron chi connectivity index (χ1n) is 5.04. The number of nitrogens with zero attached hydrogens (tertiary/aromatic N) is 1. The van der Waals surface area contributed by atoms with E-state index in [4.69, 9.17) is 5.73 Å². The third-order valence-corrected chi connectivity index (χ3v) is 2.86. The molecule has 0 aliphatic carbocycles. The van der Waals surface area contributed by atoms with Crippen LogP contribution in [0.1, 0.15) is 12.0 Å². The smallest absolute Gasteiger partial charge is 0.0734 e. The minimum atomic E-state index is 0.723. The molecular formula is C12H13BrN2. The third-order valence-electron chi connectivity index (χ3n) is 2.40. The van der Waals surface area contributed by atoms with Gasteiger partial charge in [-0.3, -0.25) is 4.98 Å². The Morgan fingerprint density at radius 3 is 3.00 bits per heavy atom. The molecule has 0 unspecified atom stereocenters. The van der Waals surface area contributed by atoms with Crippen LogP contribution in [-0.4, -0.2) is 11.5 Å². The zero-order chi connectivity index (χ0) is 10.7. The number of aromatic nitrogens is 1. The average Bonchev–Trinajstić information content (AvgIpc) is 2.25. The van der Waals surface area contributed by atoms with Gasteiger partial charge < -0.3 is 5.73 Å². The first-order chi connectivity index (χ1) is 7.31. The molecule has 0 fully saturated rings. The molecule has 78 valence electrons. The molecule has 15 heavy (non-hydrogen) atoms. The van der Waals surface area contributed by atoms with Gasteiger partial charge in [-0.1, -0.05) is 22.0 Å². The lowest BCUT2D eigenvalue weighted by molar-refractivity contribution is 0.835. The summed E-state index contributed by atoms with van der Waals surface area (Å²) in [6, 6.07) is 8.26. The van der Waals surface area contributed by atoms with Gasteiger partial charge in [0.2, 0.25) is 0 Å². The molecule has 1 heterocycles. The first-order valence-corrected chi connectivity index (χ1v) is 5.84. The lowest BCUT2D eigenvalue weighted by atomic mass is 10.1. The van der Waals surface area contributed by atoms with Crippen molar-refractivity contribution < 1.29 is 0 Å². The van der Waals surface area contributed by atoms with E-state index in [0.717, 1.165) is 29.4 Å². The molecule has 2 N–H and O–H groups in total. The molecular weight excluding hydrogens is 252 g/mol. The predicted octanol–water partition coefficient (Wildman–Crippen LogP) is 2.89. The van der Waals surface area contributed by atoms with Crippen LogP contribution in [0.2, 0.25) is 0 Å². The number of fused-ring (bicyclic) bond motifs is 1. The van der Waals surface area contributed by atoms with Gasteiger partial charge in [0.15, 0.2) is 0 Å². The third kappa shape index (κ3) is 2.36. The van der Waals surface area contributed by atoms with Crippen LogP contribution in [-0.2, 0) is 6.42 Å². The Morgan fingerprint density at radius 2 is 2.20 bits per heavy atom. The highest BCUT2D eigenvalue weighted by Crippen LogP contribution is 2.23. The van der Waals surface area contributed by atoms with E-state index in [9.17, 15) is 0 Å². The van der Waals surface area contributed by atoms with Crippen LogP contribution in [0.4, 0.5) is 0 Å². The van der Waals surface area contributed by atoms with Crippen LogP contribution < -0.4 is 5.73 Å². The Kier molecular flexibility index (Phi) is 3.34. The van der Waals surface area contributed by atoms with E-state index < -0.39 is 0 Å². The molecule has 3 heteroatoms. The van der Waals surface area contributed by atoms with Gasteiger partial charge in [-0.15, -0.1) is 0 Å². The second kappa shape index (κ2) is 4.73. The van der Waals surface area contributed by atoms with E-state index in [0.29, 0.717) is 0 Å². The van der Waals surface area contributed by atoms with Crippen LogP contribution in [0, 0.1) is 0 Å². The summed E-state index contributed by atoms with van der Waals surface area (Å²) >= 11 is 3.52. The van der Waals surface area contributed by atoms with Gasteiger partial charge in [0.1, 0.15) is 0 Å². The van der Waals surface area contributed by atoms with Gasteiger partial charge in [-0.2, -0.15) is 0 Å². The monoisotopic (exact) mass is 264 g/mol. The summed E-state index contributed by atoms with van der Waals surface area (Å²) in [6.45, 7) is 0.723. The minimum Gasteiger partial charge on any atom is -0.330 e. The molecule has 0 saturated carbocycles. The van der Waals surface area contributed by atoms with Crippen molar-refractivity contribution in [3.8, 4) is 0 Å². The molecule has 0 spiro atoms. The highest BCUT2D eigenvalue weighted by molar-refractivity contribution is 9.10. The standard InChI is InChI=1S/C12H13BrN2/c13-11-7-9(3-1-5-14)12-10(8-11)4-2-6-15-12/h2,4,6-8H,1,3,5,14H2. The molecule has 2 rings (SSSR count). The summed E-state index contributed by atoms with van der Waals surface area (Å²) in [5.74, 6) is 0. The normalized spacial score (nSPS) is 10.8. The molecule has 2 aromatic rings. The first kappa shape index (κ1) is 10.6. The van der Waals surface area contributed by atoms with Gasteiger partial charge in [-0.05, 0) is 43.1 Å². The Balaban J connectivity index is 2.50. The van der Waals surface area contributed by atoms with Crippen LogP contribution in [0.5, 0.6) is 0 Å². The Labute approximate surface area is 97.6 Å². The maximum Gasteiger partial charge on any atom is 0.0734 e. The maximum absolute atomic E-state index is 5.53. The summed E-state index contributed by atoms with van der Waals surface area (Å²) in [7, 11) is 0. The Bertz CT molecular complexity index is 468. The summed E-state index contributed by atoms with van der Waals surface area (Å²) in [6.07, 6.45) is 3.83. The van der Waals surface area contributed by atoms with Crippen molar-refractivity contribution in [2.24, 2.45) is 5.73 Å². The number of benzene rings is 1. The Hall–Kier alpha value is -0.930. The molecule has 1 aromatic carbocycles. The highest BCUT2D eigenvalue weighted by Gasteiger charge is 2.03. The second-order valence-electron chi connectivity index (χ2n) is 3.53. The van der Waals surface area contributed by atoms with Gasteiger partial charge in [0, 0.05) is 16.1 Å². The average molecular weight is 265 g/mol. The lowest BCUT2D eigenvalue weighted by Crippen LogP contribution is -2.01. The van der Waals surface area contributed by atoms with Gasteiger partial charge in [0.25, 0.3) is 0 Å². The molecule has 0 amide bonds. The topological polar surface area (TPSA) is 38.9 Å². The van der Waals surface area contributed by atoms with E-state index in [2.05, 4.69) is 39.1 Å². The number of nitrogens with two attached hydrogens (primary N) is 1. The van der Waals surface area contributed by atoms with Crippen LogP contribution in [0.15, 0.2) is 34.9 Å². The van der Waals surface area contributed by atoms with Gasteiger partial charge in [-0.25, -0.2) is 0 Å². The fraction of sp³-hybridized carbons (Fsp3) is 0.250. The van der Waals surface area contributed by atoms with E-state index in [1.54, 1.807) is 0 Å². The van der Waals surface area contributed by atoms with Gasteiger partial charge in [0.05, 0.1) is 5.52 Å². The van der Waals surface area contributed by atoms with Crippen molar-refractivity contribution >= 4 is 26.8 Å². The molecule has 1 aromatic heterocycles. The Morgan fingerprint density at radius 1 is 1.33 bits per heavy atom. The quantitative estimate of drug-likeness (QED) is 0.926. The van der Waals surface area contributed by atoms with Crippen molar-refractivity contribution in [3.63, 3.8) is 0 Å². The number of hydrogen-bond donors (Lipinski definition) is 1. The molecule has 2 nitrogen and oxygen atoms in total. The minimum absolute atomic E-state index is 0.723. The summed E-state index contributed by atoms with van der Waals surface area (Å²) in [5.41, 5.74) is 7.89. The van der Waals surface area contributed by atoms with Gasteiger partial charge >= 0.3 is 0 Å². The predicted molar refractivity (Wildman–Crippen MR) is 66.8 cm³/mol. The molecule has 0 radical (unpaired) electrons. The van der Waals surface area contributed by atoms with Crippen molar-refractivity contribution in [1.82, 2.24) is 4.98 Å². The van der Waals surface area contributed by atoms with Crippen LogP contribution in [0.3, 0.4) is 0 Å². The molecule has 0 bridgehead atoms. The van der Waals surface area contributed by atoms with Crippen LogP contribution in [0.25, 0.3) is 10.9 Å². The lowest BCUT2D eigenvalue weighted by Gasteiger charge is -2.05. The molecule has 0 atom stereocenters. The molecule has 0 aliphatic heterocycles. The fourth-order valence-electron chi connectivity index (χ4n) is 1.71. The fourth-order valence-corrected chi connectivity index (χ4v) is 2.23. The zero-order valence-electron chi connectivity index (χ0n) is 8.41. The van der Waals surface area contributed by atoms with E-state index in [1.165, 1.54) is 10.9 Å². The zero-order valence-corrected chi connectivity index (χ0v) is 10.00.